The lowest BCUT2D eigenvalue weighted by Gasteiger charge is -2.36. The van der Waals surface area contributed by atoms with Crippen molar-refractivity contribution in [2.45, 2.75) is 33.0 Å². The van der Waals surface area contributed by atoms with Crippen molar-refractivity contribution < 1.29 is 13.2 Å². The van der Waals surface area contributed by atoms with Crippen molar-refractivity contribution in [1.82, 2.24) is 14.7 Å². The number of nitrogens with zero attached hydrogens (tertiary/aromatic N) is 5. The summed E-state index contributed by atoms with van der Waals surface area (Å²) in [6.45, 7) is 7.85. The number of amidine groups is 1. The van der Waals surface area contributed by atoms with Gasteiger partial charge in [0.2, 0.25) is 0 Å². The Hall–Kier alpha value is -2.79. The van der Waals surface area contributed by atoms with Crippen LogP contribution in [0.25, 0.3) is 0 Å². The van der Waals surface area contributed by atoms with E-state index in [2.05, 4.69) is 22.7 Å². The summed E-state index contributed by atoms with van der Waals surface area (Å²) in [7, 11) is 0. The minimum atomic E-state index is -4.57. The first kappa shape index (κ1) is 20.0. The molecule has 3 heterocycles. The zero-order valence-corrected chi connectivity index (χ0v) is 16.0. The molecule has 0 aliphatic carbocycles. The topological polar surface area (TPSA) is 57.2 Å². The fraction of sp³-hybridized carbons (Fsp3) is 0.316. The number of hydrogen-bond acceptors (Lipinski definition) is 4. The molecule has 3 rings (SSSR count). The van der Waals surface area contributed by atoms with Crippen LogP contribution >= 0.6 is 11.6 Å². The van der Waals surface area contributed by atoms with Crippen LogP contribution in [0.2, 0.25) is 5.15 Å². The minimum Gasteiger partial charge on any atom is -0.298 e. The monoisotopic (exact) mass is 407 g/mol. The summed E-state index contributed by atoms with van der Waals surface area (Å²) in [4.78, 5) is 6.32. The van der Waals surface area contributed by atoms with E-state index in [1.54, 1.807) is 12.2 Å². The molecular formula is C19H17ClF3N5. The van der Waals surface area contributed by atoms with E-state index in [0.717, 1.165) is 22.0 Å². The molecule has 28 heavy (non-hydrogen) atoms. The molecule has 0 radical (unpaired) electrons. The molecule has 0 saturated carbocycles. The van der Waals surface area contributed by atoms with E-state index < -0.39 is 11.9 Å². The van der Waals surface area contributed by atoms with Crippen LogP contribution in [-0.4, -0.2) is 20.5 Å². The molecule has 0 bridgehead atoms. The fourth-order valence-corrected chi connectivity index (χ4v) is 3.34. The Bertz CT molecular complexity index is 988. The summed E-state index contributed by atoms with van der Waals surface area (Å²) in [6.07, 6.45) is 1.37. The summed E-state index contributed by atoms with van der Waals surface area (Å²) in [5.41, 5.74) is 1.73. The van der Waals surface area contributed by atoms with Crippen LogP contribution in [0.5, 0.6) is 0 Å². The molecule has 1 aromatic heterocycles. The van der Waals surface area contributed by atoms with Gasteiger partial charge in [0.05, 0.1) is 24.2 Å². The van der Waals surface area contributed by atoms with Gasteiger partial charge < -0.3 is 0 Å². The van der Waals surface area contributed by atoms with Gasteiger partial charge in [0.1, 0.15) is 11.0 Å². The van der Waals surface area contributed by atoms with Crippen LogP contribution in [-0.2, 0) is 12.7 Å². The molecule has 2 aliphatic rings. The summed E-state index contributed by atoms with van der Waals surface area (Å²) in [5.74, 6) is 0.230. The highest BCUT2D eigenvalue weighted by Gasteiger charge is 2.35. The number of aliphatic imine (C=N–C) groups is 1. The Morgan fingerprint density at radius 3 is 2.64 bits per heavy atom. The maximum Gasteiger partial charge on any atom is 0.435 e. The lowest BCUT2D eigenvalue weighted by molar-refractivity contribution is -0.141. The molecule has 0 amide bonds. The summed E-state index contributed by atoms with van der Waals surface area (Å²) in [5, 5.41) is 12.9. The predicted molar refractivity (Wildman–Crippen MR) is 100.0 cm³/mol. The maximum atomic E-state index is 12.8. The molecule has 0 aromatic carbocycles. The van der Waals surface area contributed by atoms with Gasteiger partial charge in [-0.05, 0) is 31.1 Å². The molecule has 0 spiro atoms. The number of nitriles is 1. The van der Waals surface area contributed by atoms with Gasteiger partial charge >= 0.3 is 6.18 Å². The molecule has 0 fully saturated rings. The fourth-order valence-electron chi connectivity index (χ4n) is 3.14. The van der Waals surface area contributed by atoms with Gasteiger partial charge in [-0.3, -0.25) is 4.90 Å². The highest BCUT2D eigenvalue weighted by Crippen LogP contribution is 2.34. The Morgan fingerprint density at radius 1 is 1.36 bits per heavy atom. The van der Waals surface area contributed by atoms with Crippen LogP contribution in [0.3, 0.4) is 0 Å². The number of fused-ring (bicyclic) bond motifs is 1. The lowest BCUT2D eigenvalue weighted by atomic mass is 9.94. The zero-order valence-electron chi connectivity index (χ0n) is 15.3. The van der Waals surface area contributed by atoms with Gasteiger partial charge in [0.15, 0.2) is 5.69 Å². The zero-order chi connectivity index (χ0) is 20.6. The molecule has 5 nitrogen and oxygen atoms in total. The normalized spacial score (nSPS) is 17.9. The van der Waals surface area contributed by atoms with Crippen molar-refractivity contribution in [2.75, 3.05) is 0 Å². The van der Waals surface area contributed by atoms with E-state index in [9.17, 15) is 18.4 Å². The van der Waals surface area contributed by atoms with E-state index in [-0.39, 0.29) is 17.6 Å². The molecule has 9 heteroatoms. The third-order valence-corrected chi connectivity index (χ3v) is 4.77. The molecule has 0 N–H and O–H groups in total. The van der Waals surface area contributed by atoms with Gasteiger partial charge in [-0.15, -0.1) is 0 Å². The Labute approximate surface area is 165 Å². The minimum absolute atomic E-state index is 0.0351. The van der Waals surface area contributed by atoms with Gasteiger partial charge in [0.25, 0.3) is 0 Å². The van der Waals surface area contributed by atoms with Crippen LogP contribution < -0.4 is 0 Å². The van der Waals surface area contributed by atoms with E-state index in [0.29, 0.717) is 23.7 Å². The molecule has 1 aromatic rings. The highest BCUT2D eigenvalue weighted by molar-refractivity contribution is 6.29. The number of allylic oxidation sites excluding steroid dienone is 5. The Kier molecular flexibility index (Phi) is 5.22. The van der Waals surface area contributed by atoms with Crippen LogP contribution in [0.4, 0.5) is 13.2 Å². The van der Waals surface area contributed by atoms with Crippen molar-refractivity contribution >= 4 is 17.4 Å². The van der Waals surface area contributed by atoms with Crippen LogP contribution in [0.1, 0.15) is 26.0 Å². The van der Waals surface area contributed by atoms with E-state index in [1.807, 2.05) is 24.8 Å². The summed E-state index contributed by atoms with van der Waals surface area (Å²) >= 11 is 5.90. The van der Waals surface area contributed by atoms with Gasteiger partial charge in [-0.1, -0.05) is 31.2 Å². The maximum absolute atomic E-state index is 12.8. The number of rotatable bonds is 4. The molecule has 0 saturated heterocycles. The van der Waals surface area contributed by atoms with Gasteiger partial charge in [0, 0.05) is 17.5 Å². The number of hydrogen-bond donors (Lipinski definition) is 0. The second kappa shape index (κ2) is 7.32. The predicted octanol–water partition coefficient (Wildman–Crippen LogP) is 5.06. The summed E-state index contributed by atoms with van der Waals surface area (Å²) in [6, 6.07) is 3.07. The first-order valence-electron chi connectivity index (χ1n) is 8.53. The first-order chi connectivity index (χ1) is 13.2. The average Bonchev–Trinajstić information content (AvgIpc) is 2.99. The molecule has 146 valence electrons. The Morgan fingerprint density at radius 2 is 2.07 bits per heavy atom. The molecular weight excluding hydrogens is 391 g/mol. The average molecular weight is 408 g/mol. The van der Waals surface area contributed by atoms with E-state index >= 15 is 0 Å². The third-order valence-electron chi connectivity index (χ3n) is 4.46. The third kappa shape index (κ3) is 3.62. The SMILES string of the molecule is C=C1C=C(Cn2nc(C(F)(F)F)cc2Cl)N=C2C=CC(C)=C([C@H](C#N)CC)N12. The Balaban J connectivity index is 1.91. The largest absolute Gasteiger partial charge is 0.435 e. The number of aromatic nitrogens is 2. The first-order valence-corrected chi connectivity index (χ1v) is 8.90. The summed E-state index contributed by atoms with van der Waals surface area (Å²) < 4.78 is 39.5. The van der Waals surface area contributed by atoms with Crippen molar-refractivity contribution in [3.05, 3.63) is 64.4 Å². The highest BCUT2D eigenvalue weighted by atomic mass is 35.5. The van der Waals surface area contributed by atoms with Crippen molar-refractivity contribution in [1.29, 1.82) is 5.26 Å². The van der Waals surface area contributed by atoms with E-state index in [1.165, 1.54) is 0 Å². The van der Waals surface area contributed by atoms with Crippen molar-refractivity contribution in [2.24, 2.45) is 10.9 Å². The molecule has 2 aliphatic heterocycles. The smallest absolute Gasteiger partial charge is 0.298 e. The second-order valence-corrected chi connectivity index (χ2v) is 6.82. The lowest BCUT2D eigenvalue weighted by Crippen LogP contribution is -2.35. The molecule has 1 atom stereocenters. The quantitative estimate of drug-likeness (QED) is 0.700. The molecule has 0 unspecified atom stereocenters. The van der Waals surface area contributed by atoms with Crippen LogP contribution in [0, 0.1) is 17.2 Å². The number of halogens is 4. The number of alkyl halides is 3. The van der Waals surface area contributed by atoms with Crippen LogP contribution in [0.15, 0.2) is 58.5 Å². The van der Waals surface area contributed by atoms with Gasteiger partial charge in [-0.25, -0.2) is 9.67 Å². The van der Waals surface area contributed by atoms with Crippen molar-refractivity contribution in [3.8, 4) is 6.07 Å². The van der Waals surface area contributed by atoms with Gasteiger partial charge in [-0.2, -0.15) is 23.5 Å². The van der Waals surface area contributed by atoms with E-state index in [4.69, 9.17) is 11.6 Å². The standard InChI is InChI=1S/C19H17ClF3N5/c1-4-13(9-24)18-11(2)5-6-17-25-14(7-12(3)28(17)18)10-27-16(20)8-15(26-27)19(21,22)23/h5-8,13H,3-4,10H2,1-2H3/t13-/m0/s1. The van der Waals surface area contributed by atoms with Crippen molar-refractivity contribution in [3.63, 3.8) is 0 Å². The second-order valence-electron chi connectivity index (χ2n) is 6.43.